The van der Waals surface area contributed by atoms with Crippen molar-refractivity contribution in [2.45, 2.75) is 51.2 Å². The van der Waals surface area contributed by atoms with E-state index < -0.39 is 0 Å². The highest BCUT2D eigenvalue weighted by Crippen LogP contribution is 2.56. The first kappa shape index (κ1) is 11.6. The normalized spacial score (nSPS) is 42.1. The van der Waals surface area contributed by atoms with Crippen LogP contribution in [-0.4, -0.2) is 10.9 Å². The first-order valence-electron chi connectivity index (χ1n) is 8.38. The molecule has 2 nitrogen and oxygen atoms in total. The summed E-state index contributed by atoms with van der Waals surface area (Å²) in [6.45, 7) is 2.25. The Kier molecular flexibility index (Phi) is 2.33. The Hall–Kier alpha value is -1.02. The Morgan fingerprint density at radius 2 is 1.60 bits per heavy atom. The van der Waals surface area contributed by atoms with Crippen molar-refractivity contribution < 1.29 is 0 Å². The molecule has 1 aromatic rings. The highest BCUT2D eigenvalue weighted by atomic mass is 15.2. The standard InChI is InChI=1S/C18H24N2/c19-17-3-1-2-13-9-20(10-16(13)17)18-14-5-11-4-12(7-14)8-15(18)6-11/h1-3,11-12,14-15,18H,4-10,19H2. The van der Waals surface area contributed by atoms with Crippen molar-refractivity contribution in [3.8, 4) is 0 Å². The van der Waals surface area contributed by atoms with Crippen molar-refractivity contribution >= 4 is 5.69 Å². The molecule has 2 N–H and O–H groups in total. The second-order valence-corrected chi connectivity index (χ2v) is 7.81. The fraction of sp³-hybridized carbons (Fsp3) is 0.667. The summed E-state index contributed by atoms with van der Waals surface area (Å²) in [5, 5.41) is 0. The third-order valence-electron chi connectivity index (χ3n) is 6.64. The van der Waals surface area contributed by atoms with Crippen LogP contribution < -0.4 is 5.73 Å². The lowest BCUT2D eigenvalue weighted by molar-refractivity contribution is -0.0673. The molecule has 4 saturated carbocycles. The maximum Gasteiger partial charge on any atom is 0.0363 e. The van der Waals surface area contributed by atoms with Crippen LogP contribution in [0.4, 0.5) is 5.69 Å². The first-order valence-corrected chi connectivity index (χ1v) is 8.38. The van der Waals surface area contributed by atoms with E-state index in [9.17, 15) is 0 Å². The lowest BCUT2D eigenvalue weighted by Gasteiger charge is -2.56. The van der Waals surface area contributed by atoms with Gasteiger partial charge >= 0.3 is 0 Å². The SMILES string of the molecule is Nc1cccc2c1CN(C1C3CC4CC(C3)CC1C4)C2. The van der Waals surface area contributed by atoms with Gasteiger partial charge in [0.05, 0.1) is 0 Å². The second-order valence-electron chi connectivity index (χ2n) is 7.81. The van der Waals surface area contributed by atoms with Gasteiger partial charge in [-0.2, -0.15) is 0 Å². The van der Waals surface area contributed by atoms with Crippen LogP contribution in [0.25, 0.3) is 0 Å². The van der Waals surface area contributed by atoms with Crippen molar-refractivity contribution in [1.29, 1.82) is 0 Å². The molecule has 0 atom stereocenters. The minimum atomic E-state index is 0.856. The molecule has 106 valence electrons. The van der Waals surface area contributed by atoms with Gasteiger partial charge in [0.15, 0.2) is 0 Å². The monoisotopic (exact) mass is 268 g/mol. The third-order valence-corrected chi connectivity index (χ3v) is 6.64. The Balaban J connectivity index is 1.44. The number of nitrogens with two attached hydrogens (primary N) is 1. The topological polar surface area (TPSA) is 29.3 Å². The summed E-state index contributed by atoms with van der Waals surface area (Å²) in [5.41, 5.74) is 10.1. The Bertz CT molecular complexity index is 522. The zero-order valence-corrected chi connectivity index (χ0v) is 12.1. The van der Waals surface area contributed by atoms with Crippen LogP contribution in [0.5, 0.6) is 0 Å². The van der Waals surface area contributed by atoms with Crippen molar-refractivity contribution in [2.24, 2.45) is 23.7 Å². The molecule has 1 aromatic carbocycles. The predicted molar refractivity (Wildman–Crippen MR) is 80.9 cm³/mol. The Morgan fingerprint density at radius 1 is 0.900 bits per heavy atom. The summed E-state index contributed by atoms with van der Waals surface area (Å²) < 4.78 is 0. The van der Waals surface area contributed by atoms with E-state index >= 15 is 0 Å². The predicted octanol–water partition coefficient (Wildman–Crippen LogP) is 3.41. The minimum absolute atomic E-state index is 0.856. The third kappa shape index (κ3) is 1.54. The van der Waals surface area contributed by atoms with Crippen molar-refractivity contribution in [3.63, 3.8) is 0 Å². The summed E-state index contributed by atoms with van der Waals surface area (Å²) in [4.78, 5) is 2.77. The zero-order chi connectivity index (χ0) is 13.3. The number of benzene rings is 1. The van der Waals surface area contributed by atoms with Crippen LogP contribution in [0.15, 0.2) is 18.2 Å². The Morgan fingerprint density at radius 3 is 2.25 bits per heavy atom. The molecule has 4 bridgehead atoms. The minimum Gasteiger partial charge on any atom is -0.398 e. The van der Waals surface area contributed by atoms with Gasteiger partial charge in [-0.15, -0.1) is 0 Å². The fourth-order valence-corrected chi connectivity index (χ4v) is 6.18. The zero-order valence-electron chi connectivity index (χ0n) is 12.1. The highest BCUT2D eigenvalue weighted by Gasteiger charge is 2.50. The van der Waals surface area contributed by atoms with Crippen LogP contribution in [0.2, 0.25) is 0 Å². The number of rotatable bonds is 1. The molecule has 0 amide bonds. The number of nitrogen functional groups attached to an aromatic ring is 1. The van der Waals surface area contributed by atoms with Crippen LogP contribution >= 0.6 is 0 Å². The maximum atomic E-state index is 6.18. The summed E-state index contributed by atoms with van der Waals surface area (Å²) >= 11 is 0. The van der Waals surface area contributed by atoms with Crippen molar-refractivity contribution in [2.75, 3.05) is 5.73 Å². The molecule has 0 unspecified atom stereocenters. The van der Waals surface area contributed by atoms with E-state index in [2.05, 4.69) is 23.1 Å². The number of nitrogens with zero attached hydrogens (tertiary/aromatic N) is 1. The van der Waals surface area contributed by atoms with Gasteiger partial charge in [-0.25, -0.2) is 0 Å². The molecule has 20 heavy (non-hydrogen) atoms. The number of anilines is 1. The van der Waals surface area contributed by atoms with E-state index in [-0.39, 0.29) is 0 Å². The summed E-state index contributed by atoms with van der Waals surface area (Å²) in [6.07, 6.45) is 7.60. The molecule has 2 heteroatoms. The molecule has 0 saturated heterocycles. The molecule has 4 fully saturated rings. The quantitative estimate of drug-likeness (QED) is 0.791. The molecule has 5 aliphatic rings. The molecule has 0 aromatic heterocycles. The molecular weight excluding hydrogens is 244 g/mol. The molecule has 1 heterocycles. The summed E-state index contributed by atoms with van der Waals surface area (Å²) in [6, 6.07) is 7.32. The van der Waals surface area contributed by atoms with E-state index in [0.717, 1.165) is 48.5 Å². The van der Waals surface area contributed by atoms with Crippen LogP contribution in [0, 0.1) is 23.7 Å². The van der Waals surface area contributed by atoms with E-state index in [1.54, 1.807) is 6.42 Å². The van der Waals surface area contributed by atoms with Gasteiger partial charge in [0.1, 0.15) is 0 Å². The summed E-state index contributed by atoms with van der Waals surface area (Å²) in [5.74, 6) is 4.12. The van der Waals surface area contributed by atoms with Gasteiger partial charge in [0.2, 0.25) is 0 Å². The van der Waals surface area contributed by atoms with Gasteiger partial charge in [0.25, 0.3) is 0 Å². The first-order chi connectivity index (χ1) is 9.78. The van der Waals surface area contributed by atoms with Crippen LogP contribution in [0.3, 0.4) is 0 Å². The van der Waals surface area contributed by atoms with Gasteiger partial charge in [0, 0.05) is 24.8 Å². The van der Waals surface area contributed by atoms with E-state index in [4.69, 9.17) is 5.73 Å². The maximum absolute atomic E-state index is 6.18. The van der Waals surface area contributed by atoms with Gasteiger partial charge in [-0.1, -0.05) is 12.1 Å². The average molecular weight is 268 g/mol. The van der Waals surface area contributed by atoms with Crippen molar-refractivity contribution in [3.05, 3.63) is 29.3 Å². The van der Waals surface area contributed by atoms with Gasteiger partial charge in [-0.3, -0.25) is 4.90 Å². The summed E-state index contributed by atoms with van der Waals surface area (Å²) in [7, 11) is 0. The molecule has 6 rings (SSSR count). The molecule has 0 spiro atoms. The molecule has 4 aliphatic carbocycles. The number of fused-ring (bicyclic) bond motifs is 1. The number of hydrogen-bond donors (Lipinski definition) is 1. The average Bonchev–Trinajstić information content (AvgIpc) is 2.82. The van der Waals surface area contributed by atoms with Gasteiger partial charge in [-0.05, 0) is 73.0 Å². The molecule has 0 radical (unpaired) electrons. The van der Waals surface area contributed by atoms with E-state index in [1.165, 1.54) is 36.8 Å². The van der Waals surface area contributed by atoms with E-state index in [0.29, 0.717) is 0 Å². The highest BCUT2D eigenvalue weighted by molar-refractivity contribution is 5.52. The van der Waals surface area contributed by atoms with Crippen LogP contribution in [0.1, 0.15) is 43.2 Å². The fourth-order valence-electron chi connectivity index (χ4n) is 6.18. The molecule has 1 aliphatic heterocycles. The van der Waals surface area contributed by atoms with Crippen molar-refractivity contribution in [1.82, 2.24) is 4.90 Å². The Labute approximate surface area is 121 Å². The number of hydrogen-bond acceptors (Lipinski definition) is 2. The van der Waals surface area contributed by atoms with E-state index in [1.807, 2.05) is 0 Å². The molecular formula is C18H24N2. The van der Waals surface area contributed by atoms with Crippen LogP contribution in [-0.2, 0) is 13.1 Å². The second kappa shape index (κ2) is 4.00. The largest absolute Gasteiger partial charge is 0.398 e. The van der Waals surface area contributed by atoms with Gasteiger partial charge < -0.3 is 5.73 Å². The lowest BCUT2D eigenvalue weighted by atomic mass is 9.54. The smallest absolute Gasteiger partial charge is 0.0363 e. The lowest BCUT2D eigenvalue weighted by Crippen LogP contribution is -2.54.